The van der Waals surface area contributed by atoms with Crippen molar-refractivity contribution in [3.05, 3.63) is 24.0 Å². The zero-order chi connectivity index (χ0) is 14.5. The average molecular weight is 277 g/mol. The zero-order valence-electron chi connectivity index (χ0n) is 11.5. The van der Waals surface area contributed by atoms with Crippen molar-refractivity contribution in [3.63, 3.8) is 0 Å². The first-order valence-corrected chi connectivity index (χ1v) is 6.84. The van der Waals surface area contributed by atoms with Crippen LogP contribution in [0.1, 0.15) is 36.5 Å². The number of aromatic nitrogens is 1. The maximum atomic E-state index is 12.1. The predicted molar refractivity (Wildman–Crippen MR) is 74.8 cm³/mol. The highest BCUT2D eigenvalue weighted by molar-refractivity contribution is 5.92. The van der Waals surface area contributed by atoms with Crippen molar-refractivity contribution in [3.8, 4) is 0 Å². The number of amides is 2. The van der Waals surface area contributed by atoms with Gasteiger partial charge in [0, 0.05) is 19.3 Å². The minimum Gasteiger partial charge on any atom is -0.478 e. The summed E-state index contributed by atoms with van der Waals surface area (Å²) in [6, 6.07) is 1.20. The molecule has 0 atom stereocenters. The Kier molecular flexibility index (Phi) is 4.55. The van der Waals surface area contributed by atoms with Gasteiger partial charge in [0.05, 0.1) is 17.4 Å². The van der Waals surface area contributed by atoms with Gasteiger partial charge in [-0.05, 0) is 31.7 Å². The van der Waals surface area contributed by atoms with Crippen molar-refractivity contribution < 1.29 is 14.7 Å². The van der Waals surface area contributed by atoms with Gasteiger partial charge in [-0.25, -0.2) is 9.59 Å². The van der Waals surface area contributed by atoms with E-state index in [-0.39, 0.29) is 11.6 Å². The number of pyridine rings is 1. The molecule has 1 aromatic heterocycles. The number of anilines is 1. The van der Waals surface area contributed by atoms with E-state index in [0.29, 0.717) is 18.2 Å². The monoisotopic (exact) mass is 277 g/mol. The minimum absolute atomic E-state index is 0.0600. The first-order chi connectivity index (χ1) is 9.60. The third-order valence-electron chi connectivity index (χ3n) is 3.61. The number of rotatable bonds is 5. The molecule has 6 nitrogen and oxygen atoms in total. The topological polar surface area (TPSA) is 82.5 Å². The van der Waals surface area contributed by atoms with E-state index in [9.17, 15) is 9.59 Å². The molecule has 0 aliphatic heterocycles. The number of nitrogens with zero attached hydrogens (tertiary/aromatic N) is 2. The fourth-order valence-electron chi connectivity index (χ4n) is 2.17. The molecule has 0 bridgehead atoms. The summed E-state index contributed by atoms with van der Waals surface area (Å²) < 4.78 is 0. The zero-order valence-corrected chi connectivity index (χ0v) is 11.5. The molecule has 1 aromatic rings. The summed E-state index contributed by atoms with van der Waals surface area (Å²) >= 11 is 0. The number of carboxylic acid groups (broad SMARTS) is 1. The number of hydrogen-bond donors (Lipinski definition) is 2. The van der Waals surface area contributed by atoms with Crippen LogP contribution in [0, 0.1) is 5.92 Å². The Hall–Kier alpha value is -2.11. The van der Waals surface area contributed by atoms with Gasteiger partial charge in [-0.1, -0.05) is 6.42 Å². The van der Waals surface area contributed by atoms with E-state index in [0.717, 1.165) is 6.54 Å². The number of carboxylic acids is 1. The van der Waals surface area contributed by atoms with Gasteiger partial charge in [0.2, 0.25) is 0 Å². The van der Waals surface area contributed by atoms with Crippen LogP contribution < -0.4 is 5.32 Å². The number of carbonyl (C=O) groups excluding carboxylic acids is 1. The smallest absolute Gasteiger partial charge is 0.337 e. The van der Waals surface area contributed by atoms with Gasteiger partial charge in [0.25, 0.3) is 0 Å². The van der Waals surface area contributed by atoms with Gasteiger partial charge in [0.15, 0.2) is 0 Å². The van der Waals surface area contributed by atoms with E-state index in [1.165, 1.54) is 37.7 Å². The molecular formula is C14H19N3O3. The van der Waals surface area contributed by atoms with E-state index in [4.69, 9.17) is 5.11 Å². The lowest BCUT2D eigenvalue weighted by atomic mass is 9.85. The highest BCUT2D eigenvalue weighted by Gasteiger charge is 2.22. The van der Waals surface area contributed by atoms with Crippen LogP contribution in [0.5, 0.6) is 0 Å². The minimum atomic E-state index is -1.06. The lowest BCUT2D eigenvalue weighted by Gasteiger charge is -2.31. The lowest BCUT2D eigenvalue weighted by molar-refractivity contribution is 0.0696. The molecule has 2 N–H and O–H groups in total. The molecule has 20 heavy (non-hydrogen) atoms. The van der Waals surface area contributed by atoms with Crippen molar-refractivity contribution in [1.29, 1.82) is 0 Å². The molecule has 0 unspecified atom stereocenters. The van der Waals surface area contributed by atoms with Crippen LogP contribution in [0.3, 0.4) is 0 Å². The number of aromatic carboxylic acids is 1. The van der Waals surface area contributed by atoms with E-state index in [1.807, 2.05) is 6.92 Å². The van der Waals surface area contributed by atoms with Gasteiger partial charge in [0.1, 0.15) is 0 Å². The van der Waals surface area contributed by atoms with E-state index < -0.39 is 5.97 Å². The second kappa shape index (κ2) is 6.36. The molecule has 0 saturated heterocycles. The average Bonchev–Trinajstić information content (AvgIpc) is 2.37. The van der Waals surface area contributed by atoms with Gasteiger partial charge in [-0.3, -0.25) is 4.98 Å². The van der Waals surface area contributed by atoms with Crippen LogP contribution in [0.25, 0.3) is 0 Å². The summed E-state index contributed by atoms with van der Waals surface area (Å²) in [5.41, 5.74) is 0.465. The Labute approximate surface area is 117 Å². The molecule has 1 saturated carbocycles. The third kappa shape index (κ3) is 3.46. The standard InChI is InChI=1S/C14H19N3O3/c1-2-17(9-10-4-3-5-10)14(20)16-12-6-11(13(18)19)7-15-8-12/h6-8,10H,2-5,9H2,1H3,(H,16,20)(H,18,19). The van der Waals surface area contributed by atoms with Crippen molar-refractivity contribution >= 4 is 17.7 Å². The fourth-order valence-corrected chi connectivity index (χ4v) is 2.17. The van der Waals surface area contributed by atoms with Gasteiger partial charge >= 0.3 is 12.0 Å². The number of carbonyl (C=O) groups is 2. The molecule has 108 valence electrons. The first kappa shape index (κ1) is 14.3. The van der Waals surface area contributed by atoms with E-state index >= 15 is 0 Å². The van der Waals surface area contributed by atoms with Crippen LogP contribution in [-0.4, -0.2) is 40.1 Å². The number of hydrogen-bond acceptors (Lipinski definition) is 3. The molecule has 1 aliphatic rings. The van der Waals surface area contributed by atoms with E-state index in [2.05, 4.69) is 10.3 Å². The maximum absolute atomic E-state index is 12.1. The summed E-state index contributed by atoms with van der Waals surface area (Å²) in [6.07, 6.45) is 6.31. The van der Waals surface area contributed by atoms with Crippen molar-refractivity contribution in [1.82, 2.24) is 9.88 Å². The summed E-state index contributed by atoms with van der Waals surface area (Å²) in [5, 5.41) is 11.6. The molecule has 0 aromatic carbocycles. The largest absolute Gasteiger partial charge is 0.478 e. The molecule has 2 rings (SSSR count). The first-order valence-electron chi connectivity index (χ1n) is 6.84. The quantitative estimate of drug-likeness (QED) is 0.866. The van der Waals surface area contributed by atoms with Crippen molar-refractivity contribution in [2.75, 3.05) is 18.4 Å². The Bertz CT molecular complexity index is 500. The van der Waals surface area contributed by atoms with Gasteiger partial charge < -0.3 is 15.3 Å². The normalized spacial score (nSPS) is 14.4. The summed E-state index contributed by atoms with van der Waals surface area (Å²) in [7, 11) is 0. The van der Waals surface area contributed by atoms with Crippen molar-refractivity contribution in [2.24, 2.45) is 5.92 Å². The summed E-state index contributed by atoms with van der Waals surface area (Å²) in [5.74, 6) is -0.459. The van der Waals surface area contributed by atoms with Crippen LogP contribution in [-0.2, 0) is 0 Å². The van der Waals surface area contributed by atoms with Gasteiger partial charge in [-0.2, -0.15) is 0 Å². The summed E-state index contributed by atoms with van der Waals surface area (Å²) in [6.45, 7) is 3.33. The highest BCUT2D eigenvalue weighted by atomic mass is 16.4. The molecule has 0 radical (unpaired) electrons. The molecule has 2 amide bonds. The number of nitrogens with one attached hydrogen (secondary N) is 1. The van der Waals surface area contributed by atoms with Crippen LogP contribution in [0.4, 0.5) is 10.5 Å². The third-order valence-corrected chi connectivity index (χ3v) is 3.61. The second-order valence-electron chi connectivity index (χ2n) is 5.03. The van der Waals surface area contributed by atoms with Crippen LogP contribution in [0.15, 0.2) is 18.5 Å². The molecular weight excluding hydrogens is 258 g/mol. The van der Waals surface area contributed by atoms with Gasteiger partial charge in [-0.15, -0.1) is 0 Å². The lowest BCUT2D eigenvalue weighted by Crippen LogP contribution is -2.39. The maximum Gasteiger partial charge on any atom is 0.337 e. The second-order valence-corrected chi connectivity index (χ2v) is 5.03. The predicted octanol–water partition coefficient (Wildman–Crippen LogP) is 2.43. The van der Waals surface area contributed by atoms with E-state index in [1.54, 1.807) is 4.90 Å². The fraction of sp³-hybridized carbons (Fsp3) is 0.500. The molecule has 1 fully saturated rings. The Morgan fingerprint density at radius 3 is 2.75 bits per heavy atom. The molecule has 1 heterocycles. The van der Waals surface area contributed by atoms with Crippen molar-refractivity contribution in [2.45, 2.75) is 26.2 Å². The van der Waals surface area contributed by atoms with Crippen LogP contribution in [0.2, 0.25) is 0 Å². The molecule has 0 spiro atoms. The van der Waals surface area contributed by atoms with Crippen LogP contribution >= 0.6 is 0 Å². The SMILES string of the molecule is CCN(CC1CCC1)C(=O)Nc1cncc(C(=O)O)c1. The number of urea groups is 1. The molecule has 6 heteroatoms. The molecule has 1 aliphatic carbocycles. The Morgan fingerprint density at radius 1 is 1.45 bits per heavy atom. The Morgan fingerprint density at radius 2 is 2.20 bits per heavy atom. The Balaban J connectivity index is 1.98. The highest BCUT2D eigenvalue weighted by Crippen LogP contribution is 2.27. The summed E-state index contributed by atoms with van der Waals surface area (Å²) in [4.78, 5) is 28.6.